The molecule has 2 fully saturated rings. The quantitative estimate of drug-likeness (QED) is 0.888. The summed E-state index contributed by atoms with van der Waals surface area (Å²) in [7, 11) is 0. The fourth-order valence-corrected chi connectivity index (χ4v) is 2.98. The first-order valence-electron chi connectivity index (χ1n) is 7.50. The lowest BCUT2D eigenvalue weighted by molar-refractivity contribution is -0.141. The van der Waals surface area contributed by atoms with Crippen molar-refractivity contribution < 1.29 is 19.4 Å². The molecular formula is C16H17N3O4. The molecule has 1 N–H and O–H groups in total. The first-order valence-corrected chi connectivity index (χ1v) is 7.50. The number of benzene rings is 1. The average Bonchev–Trinajstić information content (AvgIpc) is 2.97. The molecule has 0 aromatic heterocycles. The van der Waals surface area contributed by atoms with Gasteiger partial charge >= 0.3 is 5.97 Å². The highest BCUT2D eigenvalue weighted by Gasteiger charge is 2.35. The van der Waals surface area contributed by atoms with Crippen LogP contribution >= 0.6 is 0 Å². The van der Waals surface area contributed by atoms with E-state index in [1.54, 1.807) is 12.1 Å². The Morgan fingerprint density at radius 1 is 1.35 bits per heavy atom. The molecule has 3 rings (SSSR count). The summed E-state index contributed by atoms with van der Waals surface area (Å²) in [6.07, 6.45) is 0.00242. The van der Waals surface area contributed by atoms with Crippen molar-refractivity contribution >= 4 is 23.3 Å². The Hall–Kier alpha value is -2.59. The summed E-state index contributed by atoms with van der Waals surface area (Å²) >= 11 is 0. The van der Waals surface area contributed by atoms with Crippen LogP contribution in [0.4, 0.5) is 11.4 Å². The lowest BCUT2D eigenvalue weighted by atomic mass is 10.1. The molecule has 1 aromatic carbocycles. The Morgan fingerprint density at radius 3 is 2.70 bits per heavy atom. The molecule has 1 atom stereocenters. The molecule has 1 amide bonds. The maximum Gasteiger partial charge on any atom is 0.308 e. The predicted octanol–water partition coefficient (Wildman–Crippen LogP) is 0.832. The van der Waals surface area contributed by atoms with E-state index < -0.39 is 11.9 Å². The zero-order valence-electron chi connectivity index (χ0n) is 12.6. The Kier molecular flexibility index (Phi) is 4.17. The molecule has 2 saturated heterocycles. The highest BCUT2D eigenvalue weighted by Crippen LogP contribution is 2.30. The van der Waals surface area contributed by atoms with E-state index in [4.69, 9.17) is 9.84 Å². The molecule has 0 bridgehead atoms. The van der Waals surface area contributed by atoms with Crippen molar-refractivity contribution in [2.75, 3.05) is 42.6 Å². The van der Waals surface area contributed by atoms with Crippen molar-refractivity contribution in [1.29, 1.82) is 5.26 Å². The summed E-state index contributed by atoms with van der Waals surface area (Å²) < 4.78 is 5.31. The summed E-state index contributed by atoms with van der Waals surface area (Å²) in [4.78, 5) is 26.6. The number of hydrogen-bond donors (Lipinski definition) is 1. The summed E-state index contributed by atoms with van der Waals surface area (Å²) in [6, 6.07) is 7.42. The summed E-state index contributed by atoms with van der Waals surface area (Å²) in [6.45, 7) is 2.83. The Balaban J connectivity index is 1.86. The van der Waals surface area contributed by atoms with Crippen LogP contribution in [0.5, 0.6) is 0 Å². The minimum atomic E-state index is -0.966. The minimum absolute atomic E-state index is 0.00242. The minimum Gasteiger partial charge on any atom is -0.481 e. The first-order chi connectivity index (χ1) is 11.1. The van der Waals surface area contributed by atoms with Crippen molar-refractivity contribution in [3.8, 4) is 6.07 Å². The van der Waals surface area contributed by atoms with Gasteiger partial charge in [-0.15, -0.1) is 0 Å². The lowest BCUT2D eigenvalue weighted by Gasteiger charge is -2.30. The van der Waals surface area contributed by atoms with E-state index in [1.165, 1.54) is 4.90 Å². The van der Waals surface area contributed by atoms with Crippen LogP contribution in [0.3, 0.4) is 0 Å². The molecule has 0 aliphatic carbocycles. The molecule has 1 aromatic rings. The number of carbonyl (C=O) groups is 2. The first kappa shape index (κ1) is 15.3. The molecule has 7 nitrogen and oxygen atoms in total. The molecule has 2 aliphatic heterocycles. The smallest absolute Gasteiger partial charge is 0.308 e. The second-order valence-electron chi connectivity index (χ2n) is 5.66. The molecule has 7 heteroatoms. The highest BCUT2D eigenvalue weighted by atomic mass is 16.5. The SMILES string of the molecule is N#Cc1cc(N2C[C@@H](C(=O)O)CC2=O)ccc1N1CCOCC1. The van der Waals surface area contributed by atoms with Gasteiger partial charge in [-0.25, -0.2) is 0 Å². The van der Waals surface area contributed by atoms with Crippen LogP contribution in [0, 0.1) is 17.2 Å². The van der Waals surface area contributed by atoms with E-state index in [0.29, 0.717) is 24.5 Å². The normalized spacial score (nSPS) is 21.3. The third-order valence-electron chi connectivity index (χ3n) is 4.24. The number of morpholine rings is 1. The van der Waals surface area contributed by atoms with Gasteiger partial charge in [0.1, 0.15) is 6.07 Å². The summed E-state index contributed by atoms with van der Waals surface area (Å²) in [5.74, 6) is -1.88. The molecule has 0 unspecified atom stereocenters. The molecule has 0 spiro atoms. The molecule has 2 heterocycles. The van der Waals surface area contributed by atoms with Crippen LogP contribution < -0.4 is 9.80 Å². The van der Waals surface area contributed by atoms with Gasteiger partial charge in [0.05, 0.1) is 30.4 Å². The molecule has 120 valence electrons. The topological polar surface area (TPSA) is 93.9 Å². The van der Waals surface area contributed by atoms with Gasteiger partial charge in [0.15, 0.2) is 0 Å². The molecule has 2 aliphatic rings. The van der Waals surface area contributed by atoms with Crippen molar-refractivity contribution in [1.82, 2.24) is 0 Å². The largest absolute Gasteiger partial charge is 0.481 e. The number of carboxylic acids is 1. The highest BCUT2D eigenvalue weighted by molar-refractivity contribution is 5.99. The number of hydrogen-bond acceptors (Lipinski definition) is 5. The zero-order valence-corrected chi connectivity index (χ0v) is 12.6. The lowest BCUT2D eigenvalue weighted by Crippen LogP contribution is -2.36. The van der Waals surface area contributed by atoms with E-state index in [2.05, 4.69) is 11.0 Å². The predicted molar refractivity (Wildman–Crippen MR) is 82.3 cm³/mol. The molecule has 0 saturated carbocycles. The Labute approximate surface area is 133 Å². The van der Waals surface area contributed by atoms with Gasteiger partial charge in [0.25, 0.3) is 0 Å². The number of carboxylic acid groups (broad SMARTS) is 1. The Bertz CT molecular complexity index is 676. The van der Waals surface area contributed by atoms with Gasteiger partial charge < -0.3 is 19.6 Å². The molecular weight excluding hydrogens is 298 g/mol. The second-order valence-corrected chi connectivity index (χ2v) is 5.66. The van der Waals surface area contributed by atoms with Crippen molar-refractivity contribution in [2.45, 2.75) is 6.42 Å². The van der Waals surface area contributed by atoms with Gasteiger partial charge in [-0.3, -0.25) is 9.59 Å². The number of carbonyl (C=O) groups excluding carboxylic acids is 1. The number of ether oxygens (including phenoxy) is 1. The van der Waals surface area contributed by atoms with E-state index in [0.717, 1.165) is 18.8 Å². The maximum absolute atomic E-state index is 12.0. The monoisotopic (exact) mass is 315 g/mol. The summed E-state index contributed by atoms with van der Waals surface area (Å²) in [5, 5.41) is 18.5. The van der Waals surface area contributed by atoms with Crippen molar-refractivity contribution in [3.05, 3.63) is 23.8 Å². The number of nitriles is 1. The van der Waals surface area contributed by atoms with Crippen LogP contribution in [0.1, 0.15) is 12.0 Å². The third kappa shape index (κ3) is 2.98. The zero-order chi connectivity index (χ0) is 16.4. The number of amides is 1. The van der Waals surface area contributed by atoms with Gasteiger partial charge in [-0.2, -0.15) is 5.26 Å². The maximum atomic E-state index is 12.0. The average molecular weight is 315 g/mol. The van der Waals surface area contributed by atoms with Crippen molar-refractivity contribution in [3.63, 3.8) is 0 Å². The fourth-order valence-electron chi connectivity index (χ4n) is 2.98. The second kappa shape index (κ2) is 6.26. The van der Waals surface area contributed by atoms with Crippen LogP contribution in [0.25, 0.3) is 0 Å². The van der Waals surface area contributed by atoms with Crippen LogP contribution in [-0.4, -0.2) is 49.8 Å². The van der Waals surface area contributed by atoms with Gasteiger partial charge in [-0.05, 0) is 18.2 Å². The van der Waals surface area contributed by atoms with Gasteiger partial charge in [0, 0.05) is 31.7 Å². The van der Waals surface area contributed by atoms with E-state index in [9.17, 15) is 14.9 Å². The molecule has 23 heavy (non-hydrogen) atoms. The van der Waals surface area contributed by atoms with Crippen LogP contribution in [0.2, 0.25) is 0 Å². The van der Waals surface area contributed by atoms with Crippen LogP contribution in [0.15, 0.2) is 18.2 Å². The number of anilines is 2. The van der Waals surface area contributed by atoms with Gasteiger partial charge in [0.2, 0.25) is 5.91 Å². The summed E-state index contributed by atoms with van der Waals surface area (Å²) in [5.41, 5.74) is 1.88. The number of rotatable bonds is 3. The van der Waals surface area contributed by atoms with E-state index >= 15 is 0 Å². The molecule has 0 radical (unpaired) electrons. The van der Waals surface area contributed by atoms with E-state index in [-0.39, 0.29) is 18.9 Å². The number of nitrogens with zero attached hydrogens (tertiary/aromatic N) is 3. The number of aliphatic carboxylic acids is 1. The fraction of sp³-hybridized carbons (Fsp3) is 0.438. The Morgan fingerprint density at radius 2 is 2.09 bits per heavy atom. The van der Waals surface area contributed by atoms with Crippen molar-refractivity contribution in [2.24, 2.45) is 5.92 Å². The van der Waals surface area contributed by atoms with E-state index in [1.807, 2.05) is 6.07 Å². The van der Waals surface area contributed by atoms with Crippen LogP contribution in [-0.2, 0) is 14.3 Å². The third-order valence-corrected chi connectivity index (χ3v) is 4.24. The standard InChI is InChI=1S/C16H17N3O4/c17-9-11-7-13(19-10-12(16(21)22)8-15(19)20)1-2-14(11)18-3-5-23-6-4-18/h1-2,7,12H,3-6,8,10H2,(H,21,22)/t12-/m0/s1. The van der Waals surface area contributed by atoms with Gasteiger partial charge in [-0.1, -0.05) is 0 Å².